The molecule has 6 fully saturated rings. The predicted octanol–water partition coefficient (Wildman–Crippen LogP) is 3.53. The Kier molecular flexibility index (Phi) is 35.0. The number of carboxylic acid groups (broad SMARTS) is 2. The monoisotopic (exact) mass is 1200 g/mol. The Bertz CT molecular complexity index is 2150. The zero-order valence-corrected chi connectivity index (χ0v) is 57.3. The number of hydrogen-bond donors (Lipinski definition) is 0. The zero-order valence-electron chi connectivity index (χ0n) is 57.3. The first-order valence-electron chi connectivity index (χ1n) is 33.7. The van der Waals surface area contributed by atoms with E-state index in [4.69, 9.17) is 18.9 Å². The van der Waals surface area contributed by atoms with E-state index in [1.807, 2.05) is 0 Å². The number of carbonyl (C=O) groups excluding carboxylic acids is 4. The summed E-state index contributed by atoms with van der Waals surface area (Å²) in [6.45, 7) is 30.1. The van der Waals surface area contributed by atoms with Crippen molar-refractivity contribution in [2.45, 2.75) is 244 Å². The van der Waals surface area contributed by atoms with Gasteiger partial charge in [0.25, 0.3) is 0 Å². The third-order valence-corrected chi connectivity index (χ3v) is 24.1. The van der Waals surface area contributed by atoms with Gasteiger partial charge >= 0.3 is 68.5 Å². The SMILES string of the molecule is C.CC(C)CCC[C@@H](C)[C@H]1CCC2C3CC=C4C[C@@H](OCCN(CC(=O)[O-])CC(=O)[O-])CC[C@]4(C)C3CC[C@@]21C.CCOC(=O)CN(CCO[C@H]1CC[C@@]2(C)C(=CCC3C2CC[C@@]2(C)C3CC[C@@H]2[C@H](C)CCCC(C)C)C1)CC(=O)OCC.[Li+].[Li+].[Li+].[OH-]. The van der Waals surface area contributed by atoms with E-state index in [9.17, 15) is 29.4 Å². The fourth-order valence-corrected chi connectivity index (χ4v) is 19.9. The molecule has 484 valence electrons. The molecule has 0 saturated heterocycles. The molecule has 16 heteroatoms. The minimum Gasteiger partial charge on any atom is -0.870 e. The van der Waals surface area contributed by atoms with Gasteiger partial charge in [-0.25, -0.2) is 0 Å². The molecule has 87 heavy (non-hydrogen) atoms. The maximum absolute atomic E-state index is 12.1. The van der Waals surface area contributed by atoms with Crippen LogP contribution >= 0.6 is 0 Å². The van der Waals surface area contributed by atoms with Crippen LogP contribution in [0.25, 0.3) is 0 Å². The van der Waals surface area contributed by atoms with Crippen LogP contribution in [-0.4, -0.2) is 117 Å². The molecule has 0 aromatic carbocycles. The maximum Gasteiger partial charge on any atom is 1.00 e. The fraction of sp³-hybridized carbons (Fsp3) is 0.887. The van der Waals surface area contributed by atoms with Gasteiger partial charge in [0.2, 0.25) is 0 Å². The molecule has 0 spiro atoms. The molecule has 0 heterocycles. The van der Waals surface area contributed by atoms with Crippen molar-refractivity contribution in [3.05, 3.63) is 23.3 Å². The van der Waals surface area contributed by atoms with Crippen LogP contribution in [0.4, 0.5) is 0 Å². The Hall–Kier alpha value is -1.05. The van der Waals surface area contributed by atoms with Crippen molar-refractivity contribution in [2.24, 2.45) is 92.7 Å². The molecular formula is C71H121Li3N2O11. The number of hydrogen-bond acceptors (Lipinski definition) is 13. The summed E-state index contributed by atoms with van der Waals surface area (Å²) in [5.41, 5.74) is 4.82. The predicted molar refractivity (Wildman–Crippen MR) is 330 cm³/mol. The maximum atomic E-state index is 12.1. The van der Waals surface area contributed by atoms with Crippen molar-refractivity contribution in [3.8, 4) is 0 Å². The number of esters is 2. The smallest absolute Gasteiger partial charge is 0.870 e. The average Bonchev–Trinajstić information content (AvgIpc) is 2.14. The molecule has 13 nitrogen and oxygen atoms in total. The molecule has 16 atom stereocenters. The normalized spacial score (nSPS) is 33.4. The molecule has 6 saturated carbocycles. The molecule has 0 aromatic heterocycles. The molecule has 0 aliphatic heterocycles. The van der Waals surface area contributed by atoms with Gasteiger partial charge in [0.05, 0.1) is 63.7 Å². The number of allylic oxidation sites excluding steroid dienone is 2. The first-order valence-corrected chi connectivity index (χ1v) is 33.7. The Morgan fingerprint density at radius 3 is 1.24 bits per heavy atom. The van der Waals surface area contributed by atoms with E-state index in [-0.39, 0.29) is 119 Å². The molecule has 0 aromatic rings. The van der Waals surface area contributed by atoms with E-state index in [1.165, 1.54) is 114 Å². The van der Waals surface area contributed by atoms with Crippen LogP contribution in [-0.2, 0) is 38.1 Å². The first kappa shape index (κ1) is 82.0. The molecule has 6 unspecified atom stereocenters. The summed E-state index contributed by atoms with van der Waals surface area (Å²) in [6.07, 6.45) is 34.0. The van der Waals surface area contributed by atoms with Crippen molar-refractivity contribution in [1.82, 2.24) is 9.80 Å². The standard InChI is InChI=1S/C37H63NO5.C33H55NO5.CH4.3Li.H2O/c1-8-41-34(39)24-38(25-35(40)42-9-2)21-22-43-29-17-19-36(6)28(23-29)13-14-30-32-16-15-31(27(5)12-10-11-26(3)4)37(32,7)20-18-33(30)36;1-22(2)7-6-8-23(3)27-11-12-28-26-10-9-24-19-25(39-18-17-34(20-30(35)36)21-31(37)38)13-15-32(24,4)29(26)14-16-33(27,28)5;;;;;/h13,26-27,29-33H,8-12,14-25H2,1-7H3;9,22-23,25-29H,6-8,10-21H2,1-5H3,(H,35,36)(H,37,38);1H4;;;;1H2/q;;;3*+1;/p-3/t27-,29+,30?,31-,32?,33?,36+,37-;23-,25+,26?,27-,28?,29?,32+,33-;;;;;/m11...../s1. The van der Waals surface area contributed by atoms with Crippen molar-refractivity contribution in [1.29, 1.82) is 0 Å². The number of nitrogens with zero attached hydrogens (tertiary/aromatic N) is 2. The van der Waals surface area contributed by atoms with Crippen molar-refractivity contribution in [3.63, 3.8) is 0 Å². The van der Waals surface area contributed by atoms with Crippen LogP contribution in [0.2, 0.25) is 0 Å². The summed E-state index contributed by atoms with van der Waals surface area (Å²) in [6, 6.07) is 0. The van der Waals surface area contributed by atoms with Gasteiger partial charge in [-0.05, 0) is 209 Å². The second-order valence-corrected chi connectivity index (χ2v) is 29.8. The van der Waals surface area contributed by atoms with Crippen LogP contribution in [0.5, 0.6) is 0 Å². The number of fused-ring (bicyclic) bond motifs is 10. The zero-order chi connectivity index (χ0) is 59.6. The minimum absolute atomic E-state index is 0. The van der Waals surface area contributed by atoms with E-state index in [0.29, 0.717) is 49.2 Å². The molecule has 1 N–H and O–H groups in total. The van der Waals surface area contributed by atoms with Crippen LogP contribution in [0.3, 0.4) is 0 Å². The fourth-order valence-electron chi connectivity index (χ4n) is 19.9. The summed E-state index contributed by atoms with van der Waals surface area (Å²) >= 11 is 0. The summed E-state index contributed by atoms with van der Waals surface area (Å²) in [5.74, 6) is 6.87. The number of carbonyl (C=O) groups is 4. The van der Waals surface area contributed by atoms with E-state index in [0.717, 1.165) is 103 Å². The number of carboxylic acids is 2. The van der Waals surface area contributed by atoms with Gasteiger partial charge < -0.3 is 44.2 Å². The van der Waals surface area contributed by atoms with Crippen LogP contribution in [0.15, 0.2) is 23.3 Å². The van der Waals surface area contributed by atoms with Gasteiger partial charge in [0.1, 0.15) is 0 Å². The number of ether oxygens (including phenoxy) is 4. The topological polar surface area (TPSA) is 188 Å². The third-order valence-electron chi connectivity index (χ3n) is 24.1. The van der Waals surface area contributed by atoms with Crippen molar-refractivity contribution < 1.29 is 110 Å². The second kappa shape index (κ2) is 37.1. The molecular weight excluding hydrogens is 1080 g/mol. The van der Waals surface area contributed by atoms with E-state index in [2.05, 4.69) is 81.4 Å². The molecule has 8 rings (SSSR count). The van der Waals surface area contributed by atoms with Gasteiger partial charge in [0, 0.05) is 26.2 Å². The summed E-state index contributed by atoms with van der Waals surface area (Å²) in [5, 5.41) is 21.9. The molecule has 8 aliphatic rings. The van der Waals surface area contributed by atoms with Gasteiger partial charge in [0.15, 0.2) is 0 Å². The summed E-state index contributed by atoms with van der Waals surface area (Å²) in [7, 11) is 0. The number of rotatable bonds is 28. The van der Waals surface area contributed by atoms with Crippen LogP contribution in [0, 0.1) is 92.7 Å². The van der Waals surface area contributed by atoms with Gasteiger partial charge in [-0.2, -0.15) is 0 Å². The Balaban J connectivity index is 0.000000563. The summed E-state index contributed by atoms with van der Waals surface area (Å²) < 4.78 is 22.8. The first-order chi connectivity index (χ1) is 38.9. The Labute approximate surface area is 565 Å². The second-order valence-electron chi connectivity index (χ2n) is 29.8. The van der Waals surface area contributed by atoms with Gasteiger partial charge in [-0.3, -0.25) is 19.4 Å². The average molecular weight is 1200 g/mol. The Morgan fingerprint density at radius 1 is 0.529 bits per heavy atom. The van der Waals surface area contributed by atoms with Crippen LogP contribution in [0.1, 0.15) is 232 Å². The Morgan fingerprint density at radius 2 is 0.897 bits per heavy atom. The van der Waals surface area contributed by atoms with Crippen LogP contribution < -0.4 is 66.8 Å². The minimum atomic E-state index is -1.29. The molecule has 8 aliphatic carbocycles. The quantitative estimate of drug-likeness (QED) is 0.0630. The van der Waals surface area contributed by atoms with E-state index in [1.54, 1.807) is 29.9 Å². The van der Waals surface area contributed by atoms with Crippen molar-refractivity contribution in [2.75, 3.05) is 65.7 Å². The molecule has 0 radical (unpaired) electrons. The van der Waals surface area contributed by atoms with Gasteiger partial charge in [-0.15, -0.1) is 0 Å². The number of aliphatic carboxylic acids is 2. The van der Waals surface area contributed by atoms with Crippen molar-refractivity contribution >= 4 is 23.9 Å². The molecule has 0 bridgehead atoms. The third kappa shape index (κ3) is 20.5. The molecule has 0 amide bonds. The van der Waals surface area contributed by atoms with E-state index >= 15 is 0 Å². The van der Waals surface area contributed by atoms with E-state index < -0.39 is 25.0 Å². The van der Waals surface area contributed by atoms with Gasteiger partial charge in [-0.1, -0.05) is 138 Å². The summed E-state index contributed by atoms with van der Waals surface area (Å²) in [4.78, 5) is 49.2. The largest absolute Gasteiger partial charge is 1.00 e.